The van der Waals surface area contributed by atoms with Crippen molar-refractivity contribution in [3.8, 4) is 5.75 Å². The van der Waals surface area contributed by atoms with E-state index in [-0.39, 0.29) is 22.9 Å². The molecule has 0 heterocycles. The Morgan fingerprint density at radius 3 is 2.76 bits per heavy atom. The molecule has 92 valence electrons. The predicted octanol–water partition coefficient (Wildman–Crippen LogP) is 2.49. The number of hydrogen-bond donors (Lipinski definition) is 1. The summed E-state index contributed by atoms with van der Waals surface area (Å²) in [6, 6.07) is 3.80. The summed E-state index contributed by atoms with van der Waals surface area (Å²) in [6.07, 6.45) is -0.912. The maximum Gasteiger partial charge on any atom is 0.344 e. The van der Waals surface area contributed by atoms with E-state index >= 15 is 0 Å². The minimum absolute atomic E-state index is 0.103. The maximum atomic E-state index is 10.8. The molecule has 1 atom stereocenters. The fourth-order valence-electron chi connectivity index (χ4n) is 1.19. The number of nitrogens with zero attached hydrogens (tertiary/aromatic N) is 1. The van der Waals surface area contributed by atoms with Crippen LogP contribution in [0.3, 0.4) is 0 Å². The Morgan fingerprint density at radius 2 is 2.29 bits per heavy atom. The van der Waals surface area contributed by atoms with Crippen molar-refractivity contribution in [3.63, 3.8) is 0 Å². The highest BCUT2D eigenvalue weighted by Gasteiger charge is 2.22. The molecule has 1 unspecified atom stereocenters. The number of carboxylic acid groups (broad SMARTS) is 1. The second-order valence-electron chi connectivity index (χ2n) is 3.22. The number of hydrogen-bond acceptors (Lipinski definition) is 4. The van der Waals surface area contributed by atoms with E-state index in [2.05, 4.69) is 0 Å². The van der Waals surface area contributed by atoms with Gasteiger partial charge in [-0.1, -0.05) is 18.5 Å². The SMILES string of the molecule is CCC(Oc1ccc(Cl)cc1[N+](=O)[O-])C(=O)O. The molecule has 6 nitrogen and oxygen atoms in total. The van der Waals surface area contributed by atoms with Crippen LogP contribution in [0.1, 0.15) is 13.3 Å². The third-order valence-corrected chi connectivity index (χ3v) is 2.27. The summed E-state index contributed by atoms with van der Waals surface area (Å²) in [6.45, 7) is 1.61. The van der Waals surface area contributed by atoms with Gasteiger partial charge in [-0.25, -0.2) is 4.79 Å². The number of rotatable bonds is 5. The molecule has 0 fully saturated rings. The maximum absolute atomic E-state index is 10.8. The molecule has 1 N–H and O–H groups in total. The van der Waals surface area contributed by atoms with Crippen molar-refractivity contribution in [2.75, 3.05) is 0 Å². The molecule has 1 aromatic carbocycles. The van der Waals surface area contributed by atoms with E-state index < -0.39 is 17.0 Å². The molecule has 0 aliphatic carbocycles. The number of carbonyl (C=O) groups is 1. The van der Waals surface area contributed by atoms with E-state index in [9.17, 15) is 14.9 Å². The molecular weight excluding hydrogens is 250 g/mol. The molecule has 0 bridgehead atoms. The van der Waals surface area contributed by atoms with E-state index in [4.69, 9.17) is 21.4 Å². The highest BCUT2D eigenvalue weighted by molar-refractivity contribution is 6.30. The lowest BCUT2D eigenvalue weighted by atomic mass is 10.2. The van der Waals surface area contributed by atoms with Gasteiger partial charge in [0.1, 0.15) is 0 Å². The van der Waals surface area contributed by atoms with E-state index in [1.807, 2.05) is 0 Å². The van der Waals surface area contributed by atoms with Crippen molar-refractivity contribution in [1.29, 1.82) is 0 Å². The Hall–Kier alpha value is -1.82. The van der Waals surface area contributed by atoms with Gasteiger partial charge in [0.2, 0.25) is 0 Å². The van der Waals surface area contributed by atoms with Gasteiger partial charge in [-0.05, 0) is 18.6 Å². The van der Waals surface area contributed by atoms with Crippen LogP contribution in [0.2, 0.25) is 5.02 Å². The van der Waals surface area contributed by atoms with Gasteiger partial charge in [0.15, 0.2) is 11.9 Å². The van der Waals surface area contributed by atoms with Crippen molar-refractivity contribution in [1.82, 2.24) is 0 Å². The van der Waals surface area contributed by atoms with Crippen LogP contribution in [-0.4, -0.2) is 22.1 Å². The minimum atomic E-state index is -1.17. The first-order valence-electron chi connectivity index (χ1n) is 4.79. The number of halogens is 1. The average Bonchev–Trinajstić information content (AvgIpc) is 2.26. The standard InChI is InChI=1S/C10H10ClNO5/c1-2-8(10(13)14)17-9-4-3-6(11)5-7(9)12(15)16/h3-5,8H,2H2,1H3,(H,13,14). The zero-order chi connectivity index (χ0) is 13.0. The van der Waals surface area contributed by atoms with Crippen LogP contribution in [0.15, 0.2) is 18.2 Å². The van der Waals surface area contributed by atoms with Crippen molar-refractivity contribution in [3.05, 3.63) is 33.3 Å². The third-order valence-electron chi connectivity index (χ3n) is 2.03. The lowest BCUT2D eigenvalue weighted by molar-refractivity contribution is -0.386. The van der Waals surface area contributed by atoms with Crippen LogP contribution in [0.5, 0.6) is 5.75 Å². The summed E-state index contributed by atoms with van der Waals surface area (Å²) in [5.74, 6) is -1.27. The summed E-state index contributed by atoms with van der Waals surface area (Å²) in [4.78, 5) is 20.8. The molecule has 7 heteroatoms. The van der Waals surface area contributed by atoms with Crippen LogP contribution in [0.25, 0.3) is 0 Å². The number of nitro groups is 1. The molecule has 0 aliphatic rings. The third kappa shape index (κ3) is 3.32. The minimum Gasteiger partial charge on any atom is -0.479 e. The van der Waals surface area contributed by atoms with E-state index in [1.165, 1.54) is 12.1 Å². The monoisotopic (exact) mass is 259 g/mol. The Bertz CT molecular complexity index is 448. The Morgan fingerprint density at radius 1 is 1.65 bits per heavy atom. The smallest absolute Gasteiger partial charge is 0.344 e. The number of ether oxygens (including phenoxy) is 1. The van der Waals surface area contributed by atoms with Crippen molar-refractivity contribution in [2.45, 2.75) is 19.4 Å². The van der Waals surface area contributed by atoms with Crippen molar-refractivity contribution < 1.29 is 19.6 Å². The second-order valence-corrected chi connectivity index (χ2v) is 3.66. The summed E-state index contributed by atoms with van der Waals surface area (Å²) in [5.41, 5.74) is -0.350. The topological polar surface area (TPSA) is 89.7 Å². The van der Waals surface area contributed by atoms with Crippen LogP contribution >= 0.6 is 11.6 Å². The predicted molar refractivity (Wildman–Crippen MR) is 60.4 cm³/mol. The first-order valence-corrected chi connectivity index (χ1v) is 5.17. The normalized spacial score (nSPS) is 11.9. The molecule has 0 spiro atoms. The largest absolute Gasteiger partial charge is 0.479 e. The first kappa shape index (κ1) is 13.2. The zero-order valence-electron chi connectivity index (χ0n) is 8.92. The molecule has 17 heavy (non-hydrogen) atoms. The Labute approximate surface area is 102 Å². The lowest BCUT2D eigenvalue weighted by Crippen LogP contribution is -2.26. The van der Waals surface area contributed by atoms with E-state index in [0.717, 1.165) is 6.07 Å². The zero-order valence-corrected chi connectivity index (χ0v) is 9.68. The van der Waals surface area contributed by atoms with Gasteiger partial charge in [-0.3, -0.25) is 10.1 Å². The summed E-state index contributed by atoms with van der Waals surface area (Å²) >= 11 is 5.62. The summed E-state index contributed by atoms with van der Waals surface area (Å²) < 4.78 is 5.07. The fourth-order valence-corrected chi connectivity index (χ4v) is 1.36. The van der Waals surface area contributed by atoms with Gasteiger partial charge in [0.25, 0.3) is 0 Å². The molecular formula is C10H10ClNO5. The van der Waals surface area contributed by atoms with Crippen LogP contribution in [0, 0.1) is 10.1 Å². The van der Waals surface area contributed by atoms with Gasteiger partial charge in [0.05, 0.1) is 4.92 Å². The molecule has 0 aromatic heterocycles. The number of nitro benzene ring substituents is 1. The van der Waals surface area contributed by atoms with Gasteiger partial charge in [-0.2, -0.15) is 0 Å². The van der Waals surface area contributed by atoms with Crippen molar-refractivity contribution >= 4 is 23.3 Å². The Kier molecular flexibility index (Phi) is 4.28. The molecule has 0 amide bonds. The molecule has 1 aromatic rings. The van der Waals surface area contributed by atoms with E-state index in [0.29, 0.717) is 0 Å². The van der Waals surface area contributed by atoms with Gasteiger partial charge in [0, 0.05) is 11.1 Å². The lowest BCUT2D eigenvalue weighted by Gasteiger charge is -2.12. The molecule has 1 rings (SSSR count). The van der Waals surface area contributed by atoms with Crippen LogP contribution in [-0.2, 0) is 4.79 Å². The molecule has 0 aliphatic heterocycles. The summed E-state index contributed by atoms with van der Waals surface area (Å²) in [5, 5.41) is 19.7. The number of aliphatic carboxylic acids is 1. The fraction of sp³-hybridized carbons (Fsp3) is 0.300. The Balaban J connectivity index is 3.05. The van der Waals surface area contributed by atoms with Crippen LogP contribution < -0.4 is 4.74 Å². The van der Waals surface area contributed by atoms with Gasteiger partial charge in [-0.15, -0.1) is 0 Å². The molecule has 0 saturated heterocycles. The first-order chi connectivity index (χ1) is 7.95. The molecule has 0 saturated carbocycles. The quantitative estimate of drug-likeness (QED) is 0.648. The van der Waals surface area contributed by atoms with Gasteiger partial charge < -0.3 is 9.84 Å². The van der Waals surface area contributed by atoms with Gasteiger partial charge >= 0.3 is 11.7 Å². The van der Waals surface area contributed by atoms with Crippen LogP contribution in [0.4, 0.5) is 5.69 Å². The highest BCUT2D eigenvalue weighted by atomic mass is 35.5. The van der Waals surface area contributed by atoms with Crippen molar-refractivity contribution in [2.24, 2.45) is 0 Å². The summed E-state index contributed by atoms with van der Waals surface area (Å²) in [7, 11) is 0. The average molecular weight is 260 g/mol. The van der Waals surface area contributed by atoms with E-state index in [1.54, 1.807) is 6.92 Å². The molecule has 0 radical (unpaired) electrons. The number of benzene rings is 1. The highest BCUT2D eigenvalue weighted by Crippen LogP contribution is 2.30. The number of carboxylic acids is 1. The second kappa shape index (κ2) is 5.49.